The lowest BCUT2D eigenvalue weighted by Crippen LogP contribution is -2.51. The van der Waals surface area contributed by atoms with E-state index in [0.717, 1.165) is 18.3 Å². The Morgan fingerprint density at radius 1 is 1.39 bits per heavy atom. The second kappa shape index (κ2) is 4.42. The molecule has 2 nitrogen and oxygen atoms in total. The summed E-state index contributed by atoms with van der Waals surface area (Å²) in [7, 11) is 0. The van der Waals surface area contributed by atoms with Crippen molar-refractivity contribution in [1.29, 1.82) is 0 Å². The molecule has 2 rings (SSSR count). The van der Waals surface area contributed by atoms with E-state index in [9.17, 15) is 4.79 Å². The number of rotatable bonds is 2. The minimum atomic E-state index is 0.170. The van der Waals surface area contributed by atoms with Crippen LogP contribution in [0.5, 0.6) is 0 Å². The highest BCUT2D eigenvalue weighted by atomic mass is 16.1. The Morgan fingerprint density at radius 3 is 2.61 bits per heavy atom. The molecule has 0 amide bonds. The van der Waals surface area contributed by atoms with Crippen molar-refractivity contribution < 1.29 is 4.79 Å². The first kappa shape index (κ1) is 13.1. The molecule has 1 aliphatic rings. The van der Waals surface area contributed by atoms with Crippen LogP contribution in [0.25, 0.3) is 0 Å². The van der Waals surface area contributed by atoms with E-state index in [4.69, 9.17) is 0 Å². The summed E-state index contributed by atoms with van der Waals surface area (Å²) in [6.07, 6.45) is 2.06. The molecule has 0 saturated carbocycles. The van der Waals surface area contributed by atoms with E-state index in [1.54, 1.807) is 0 Å². The molecule has 0 radical (unpaired) electrons. The average molecular weight is 245 g/mol. The van der Waals surface area contributed by atoms with E-state index in [1.165, 1.54) is 11.3 Å². The molecule has 0 N–H and O–H groups in total. The zero-order valence-electron chi connectivity index (χ0n) is 12.0. The molecule has 0 saturated heterocycles. The van der Waals surface area contributed by atoms with Crippen molar-refractivity contribution >= 4 is 12.0 Å². The van der Waals surface area contributed by atoms with Crippen LogP contribution < -0.4 is 4.90 Å². The molecule has 1 aliphatic heterocycles. The Morgan fingerprint density at radius 2 is 2.06 bits per heavy atom. The van der Waals surface area contributed by atoms with Crippen LogP contribution in [0, 0.1) is 0 Å². The maximum atomic E-state index is 10.9. The van der Waals surface area contributed by atoms with Gasteiger partial charge in [0.15, 0.2) is 0 Å². The molecule has 0 spiro atoms. The summed E-state index contributed by atoms with van der Waals surface area (Å²) in [5.41, 5.74) is 3.56. The van der Waals surface area contributed by atoms with Crippen molar-refractivity contribution in [2.45, 2.75) is 58.5 Å². The second-order valence-electron chi connectivity index (χ2n) is 6.32. The number of nitrogens with zero attached hydrogens (tertiary/aromatic N) is 1. The van der Waals surface area contributed by atoms with Gasteiger partial charge in [0.05, 0.1) is 0 Å². The number of carbonyl (C=O) groups is 1. The summed E-state index contributed by atoms with van der Waals surface area (Å²) in [6.45, 7) is 11.3. The number of hydrogen-bond acceptors (Lipinski definition) is 2. The standard InChI is InChI=1S/C16H23NO/c1-11(2)17-15-7-6-13(10-18)8-14(15)12(3)9-16(17,4)5/h6-8,10-12H,9H2,1-5H3/t12-/m1/s1. The molecule has 1 aromatic rings. The number of hydrogen-bond donors (Lipinski definition) is 0. The van der Waals surface area contributed by atoms with Crippen LogP contribution in [-0.4, -0.2) is 17.9 Å². The Labute approximate surface area is 110 Å². The van der Waals surface area contributed by atoms with E-state index in [1.807, 2.05) is 6.07 Å². The smallest absolute Gasteiger partial charge is 0.150 e. The fourth-order valence-electron chi connectivity index (χ4n) is 3.52. The Hall–Kier alpha value is -1.31. The SMILES string of the molecule is CC(C)N1c2ccc(C=O)cc2[C@H](C)CC1(C)C. The van der Waals surface area contributed by atoms with E-state index < -0.39 is 0 Å². The molecular formula is C16H23NO. The van der Waals surface area contributed by atoms with Gasteiger partial charge >= 0.3 is 0 Å². The minimum absolute atomic E-state index is 0.170. The fourth-order valence-corrected chi connectivity index (χ4v) is 3.52. The lowest BCUT2D eigenvalue weighted by molar-refractivity contribution is 0.112. The predicted octanol–water partition coefficient (Wildman–Crippen LogP) is 4.00. The fraction of sp³-hybridized carbons (Fsp3) is 0.562. The van der Waals surface area contributed by atoms with Gasteiger partial charge in [-0.05, 0) is 63.8 Å². The van der Waals surface area contributed by atoms with Crippen LogP contribution in [0.2, 0.25) is 0 Å². The van der Waals surface area contributed by atoms with Gasteiger partial charge in [-0.25, -0.2) is 0 Å². The van der Waals surface area contributed by atoms with Crippen LogP contribution in [-0.2, 0) is 0 Å². The summed E-state index contributed by atoms with van der Waals surface area (Å²) >= 11 is 0. The zero-order valence-corrected chi connectivity index (χ0v) is 12.0. The molecule has 1 aromatic carbocycles. The molecule has 1 atom stereocenters. The Bertz CT molecular complexity index is 462. The van der Waals surface area contributed by atoms with Crippen LogP contribution in [0.3, 0.4) is 0 Å². The average Bonchev–Trinajstić information content (AvgIpc) is 2.26. The molecule has 18 heavy (non-hydrogen) atoms. The normalized spacial score (nSPS) is 21.9. The van der Waals surface area contributed by atoms with Crippen molar-refractivity contribution in [3.8, 4) is 0 Å². The maximum absolute atomic E-state index is 10.9. The number of carbonyl (C=O) groups excluding carboxylic acids is 1. The van der Waals surface area contributed by atoms with Crippen LogP contribution in [0.1, 0.15) is 62.9 Å². The van der Waals surface area contributed by atoms with E-state index >= 15 is 0 Å². The lowest BCUT2D eigenvalue weighted by atomic mass is 9.79. The van der Waals surface area contributed by atoms with Crippen molar-refractivity contribution in [3.63, 3.8) is 0 Å². The van der Waals surface area contributed by atoms with Crippen molar-refractivity contribution in [1.82, 2.24) is 0 Å². The van der Waals surface area contributed by atoms with Crippen LogP contribution in [0.15, 0.2) is 18.2 Å². The van der Waals surface area contributed by atoms with Gasteiger partial charge in [-0.1, -0.05) is 6.92 Å². The predicted molar refractivity (Wildman–Crippen MR) is 76.6 cm³/mol. The van der Waals surface area contributed by atoms with Crippen LogP contribution >= 0.6 is 0 Å². The molecule has 0 bridgehead atoms. The second-order valence-corrected chi connectivity index (χ2v) is 6.32. The highest BCUT2D eigenvalue weighted by Crippen LogP contribution is 2.44. The summed E-state index contributed by atoms with van der Waals surface area (Å²) in [6, 6.07) is 6.55. The third kappa shape index (κ3) is 2.05. The highest BCUT2D eigenvalue weighted by Gasteiger charge is 2.37. The summed E-state index contributed by atoms with van der Waals surface area (Å²) < 4.78 is 0. The van der Waals surface area contributed by atoms with Crippen molar-refractivity contribution in [2.24, 2.45) is 0 Å². The topological polar surface area (TPSA) is 20.3 Å². The zero-order chi connectivity index (χ0) is 13.5. The molecule has 0 aromatic heterocycles. The largest absolute Gasteiger partial charge is 0.364 e. The number of benzene rings is 1. The summed E-state index contributed by atoms with van der Waals surface area (Å²) in [5.74, 6) is 0.505. The van der Waals surface area contributed by atoms with Gasteiger partial charge in [-0.3, -0.25) is 4.79 Å². The van der Waals surface area contributed by atoms with Gasteiger partial charge in [0, 0.05) is 22.8 Å². The summed E-state index contributed by atoms with van der Waals surface area (Å²) in [5, 5.41) is 0. The monoisotopic (exact) mass is 245 g/mol. The maximum Gasteiger partial charge on any atom is 0.150 e. The number of aldehydes is 1. The van der Waals surface area contributed by atoms with Gasteiger partial charge in [0.25, 0.3) is 0 Å². The molecule has 98 valence electrons. The van der Waals surface area contributed by atoms with E-state index in [0.29, 0.717) is 12.0 Å². The van der Waals surface area contributed by atoms with E-state index in [2.05, 4.69) is 51.7 Å². The third-order valence-electron chi connectivity index (χ3n) is 3.95. The molecular weight excluding hydrogens is 222 g/mol. The highest BCUT2D eigenvalue weighted by molar-refractivity contribution is 5.77. The lowest BCUT2D eigenvalue weighted by Gasteiger charge is -2.50. The molecule has 1 heterocycles. The summed E-state index contributed by atoms with van der Waals surface area (Å²) in [4.78, 5) is 13.4. The van der Waals surface area contributed by atoms with Gasteiger partial charge in [-0.15, -0.1) is 0 Å². The number of anilines is 1. The first-order valence-electron chi connectivity index (χ1n) is 6.75. The molecule has 0 unspecified atom stereocenters. The molecule has 0 aliphatic carbocycles. The number of fused-ring (bicyclic) bond motifs is 1. The molecule has 0 fully saturated rings. The van der Waals surface area contributed by atoms with Gasteiger partial charge < -0.3 is 4.90 Å². The first-order chi connectivity index (χ1) is 8.36. The van der Waals surface area contributed by atoms with E-state index in [-0.39, 0.29) is 5.54 Å². The Kier molecular flexibility index (Phi) is 3.22. The van der Waals surface area contributed by atoms with Gasteiger partial charge in [0.2, 0.25) is 0 Å². The van der Waals surface area contributed by atoms with Crippen LogP contribution in [0.4, 0.5) is 5.69 Å². The van der Waals surface area contributed by atoms with Gasteiger partial charge in [0.1, 0.15) is 6.29 Å². The third-order valence-corrected chi connectivity index (χ3v) is 3.95. The quantitative estimate of drug-likeness (QED) is 0.734. The molecule has 2 heteroatoms. The Balaban J connectivity index is 2.58. The first-order valence-corrected chi connectivity index (χ1v) is 6.75. The van der Waals surface area contributed by atoms with Crippen molar-refractivity contribution in [2.75, 3.05) is 4.90 Å². The van der Waals surface area contributed by atoms with Gasteiger partial charge in [-0.2, -0.15) is 0 Å². The minimum Gasteiger partial charge on any atom is -0.364 e. The van der Waals surface area contributed by atoms with Crippen molar-refractivity contribution in [3.05, 3.63) is 29.3 Å².